The van der Waals surface area contributed by atoms with Crippen LogP contribution in [0.15, 0.2) is 53.4 Å². The van der Waals surface area contributed by atoms with Gasteiger partial charge in [-0.1, -0.05) is 28.9 Å². The topological polar surface area (TPSA) is 139 Å². The van der Waals surface area contributed by atoms with Gasteiger partial charge in [0, 0.05) is 18.3 Å². The molecular weight excluding hydrogens is 557 g/mol. The molecule has 1 aliphatic heterocycles. The Morgan fingerprint density at radius 3 is 2.58 bits per heavy atom. The van der Waals surface area contributed by atoms with Gasteiger partial charge in [0.1, 0.15) is 29.7 Å². The zero-order valence-electron chi connectivity index (χ0n) is 21.2. The van der Waals surface area contributed by atoms with Crippen molar-refractivity contribution in [3.63, 3.8) is 0 Å². The molecule has 15 heteroatoms. The summed E-state index contributed by atoms with van der Waals surface area (Å²) in [4.78, 5) is 43.8. The fraction of sp³-hybridized carbons (Fsp3) is 0.320. The van der Waals surface area contributed by atoms with Crippen LogP contribution in [0.1, 0.15) is 39.3 Å². The van der Waals surface area contributed by atoms with Crippen molar-refractivity contribution in [3.8, 4) is 0 Å². The summed E-state index contributed by atoms with van der Waals surface area (Å²) in [6.07, 6.45) is -2.13. The standard InChI is InChI=1S/C25H24ClF3N6O5/c1-13-17(11-40-34-13)22(36)33-21(14-3-5-16(26)6-4-14)23(37)32-20-9-15(7-8-30-20)18(12-39-2)35-10-19(25(27,28)29)31-24(35)38/h3-9,11,18-19,21H,10,12H2,1-2H3,(H,31,38)(H,33,36)(H,30,32,37)/t18-,19+,21+/m1/s1. The van der Waals surface area contributed by atoms with Crippen molar-refractivity contribution in [2.24, 2.45) is 0 Å². The lowest BCUT2D eigenvalue weighted by molar-refractivity contribution is -0.150. The molecule has 3 N–H and O–H groups in total. The molecule has 2 aromatic heterocycles. The van der Waals surface area contributed by atoms with Crippen LogP contribution in [0.2, 0.25) is 5.02 Å². The molecule has 1 aliphatic rings. The Labute approximate surface area is 231 Å². The van der Waals surface area contributed by atoms with Crippen molar-refractivity contribution in [2.75, 3.05) is 25.6 Å². The summed E-state index contributed by atoms with van der Waals surface area (Å²) < 4.78 is 49.7. The van der Waals surface area contributed by atoms with Crippen molar-refractivity contribution in [3.05, 3.63) is 76.3 Å². The van der Waals surface area contributed by atoms with E-state index in [1.54, 1.807) is 31.2 Å². The summed E-state index contributed by atoms with van der Waals surface area (Å²) in [5, 5.41) is 11.3. The number of nitrogens with one attached hydrogen (secondary N) is 3. The fourth-order valence-electron chi connectivity index (χ4n) is 4.13. The molecule has 3 atom stereocenters. The van der Waals surface area contributed by atoms with Gasteiger partial charge < -0.3 is 30.1 Å². The number of hydrogen-bond acceptors (Lipinski definition) is 7. The van der Waals surface area contributed by atoms with E-state index in [-0.39, 0.29) is 18.0 Å². The summed E-state index contributed by atoms with van der Waals surface area (Å²) in [7, 11) is 1.35. The van der Waals surface area contributed by atoms with Gasteiger partial charge >= 0.3 is 12.2 Å². The van der Waals surface area contributed by atoms with Crippen molar-refractivity contribution in [2.45, 2.75) is 31.2 Å². The van der Waals surface area contributed by atoms with Gasteiger partial charge in [0.15, 0.2) is 0 Å². The highest BCUT2D eigenvalue weighted by Gasteiger charge is 2.48. The first-order valence-electron chi connectivity index (χ1n) is 11.8. The number of methoxy groups -OCH3 is 1. The number of anilines is 1. The number of aromatic nitrogens is 2. The molecule has 0 bridgehead atoms. The second-order valence-electron chi connectivity index (χ2n) is 8.90. The molecule has 212 valence electrons. The van der Waals surface area contributed by atoms with Gasteiger partial charge in [-0.2, -0.15) is 13.2 Å². The molecule has 0 radical (unpaired) electrons. The van der Waals surface area contributed by atoms with Crippen LogP contribution in [0.4, 0.5) is 23.8 Å². The molecule has 1 saturated heterocycles. The smallest absolute Gasteiger partial charge is 0.382 e. The molecule has 11 nitrogen and oxygen atoms in total. The molecule has 0 unspecified atom stereocenters. The maximum Gasteiger partial charge on any atom is 0.410 e. The lowest BCUT2D eigenvalue weighted by atomic mass is 10.0. The SMILES string of the molecule is COC[C@H](c1ccnc(NC(=O)[C@@H](NC(=O)c2conc2C)c2ccc(Cl)cc2)c1)N1C[C@@H](C(F)(F)F)NC1=O. The third-order valence-electron chi connectivity index (χ3n) is 6.19. The van der Waals surface area contributed by atoms with E-state index in [4.69, 9.17) is 20.9 Å². The fourth-order valence-corrected chi connectivity index (χ4v) is 4.26. The van der Waals surface area contributed by atoms with Gasteiger partial charge in [-0.25, -0.2) is 9.78 Å². The first-order chi connectivity index (χ1) is 19.0. The Morgan fingerprint density at radius 2 is 1.98 bits per heavy atom. The highest BCUT2D eigenvalue weighted by Crippen LogP contribution is 2.31. The van der Waals surface area contributed by atoms with E-state index in [0.717, 1.165) is 11.2 Å². The van der Waals surface area contributed by atoms with Crippen molar-refractivity contribution < 1.29 is 36.8 Å². The quantitative estimate of drug-likeness (QED) is 0.350. The third kappa shape index (κ3) is 6.51. The van der Waals surface area contributed by atoms with Crippen LogP contribution in [0.5, 0.6) is 0 Å². The Morgan fingerprint density at radius 1 is 1.25 bits per heavy atom. The molecular formula is C25H24ClF3N6O5. The average molecular weight is 581 g/mol. The minimum atomic E-state index is -4.62. The number of alkyl halides is 3. The van der Waals surface area contributed by atoms with Gasteiger partial charge in [0.2, 0.25) is 0 Å². The number of pyridine rings is 1. The Balaban J connectivity index is 1.58. The van der Waals surface area contributed by atoms with Crippen LogP contribution in [-0.4, -0.2) is 65.4 Å². The van der Waals surface area contributed by atoms with E-state index >= 15 is 0 Å². The zero-order valence-corrected chi connectivity index (χ0v) is 21.9. The van der Waals surface area contributed by atoms with E-state index in [0.29, 0.717) is 21.8 Å². The van der Waals surface area contributed by atoms with E-state index in [1.165, 1.54) is 25.4 Å². The van der Waals surface area contributed by atoms with Crippen LogP contribution < -0.4 is 16.0 Å². The lowest BCUT2D eigenvalue weighted by Crippen LogP contribution is -2.40. The normalized spacial score (nSPS) is 16.8. The molecule has 4 amide bonds. The number of ether oxygens (including phenoxy) is 1. The molecule has 1 aromatic carbocycles. The van der Waals surface area contributed by atoms with Crippen LogP contribution in [-0.2, 0) is 9.53 Å². The maximum atomic E-state index is 13.4. The number of benzene rings is 1. The van der Waals surface area contributed by atoms with E-state index in [9.17, 15) is 27.6 Å². The Hall–Kier alpha value is -4.17. The van der Waals surface area contributed by atoms with Crippen molar-refractivity contribution >= 4 is 35.3 Å². The zero-order chi connectivity index (χ0) is 29.0. The maximum absolute atomic E-state index is 13.4. The Kier molecular flexibility index (Phi) is 8.59. The van der Waals surface area contributed by atoms with Gasteiger partial charge in [-0.05, 0) is 42.3 Å². The van der Waals surface area contributed by atoms with E-state index in [1.807, 2.05) is 5.32 Å². The molecule has 3 heterocycles. The molecule has 1 fully saturated rings. The minimum Gasteiger partial charge on any atom is -0.382 e. The Bertz CT molecular complexity index is 1380. The van der Waals surface area contributed by atoms with Gasteiger partial charge in [-0.3, -0.25) is 9.59 Å². The second kappa shape index (κ2) is 11.9. The number of amides is 4. The van der Waals surface area contributed by atoms with Gasteiger partial charge in [-0.15, -0.1) is 0 Å². The highest BCUT2D eigenvalue weighted by atomic mass is 35.5. The average Bonchev–Trinajstić information content (AvgIpc) is 3.52. The van der Waals surface area contributed by atoms with Gasteiger partial charge in [0.05, 0.1) is 24.9 Å². The number of carbonyl (C=O) groups excluding carboxylic acids is 3. The van der Waals surface area contributed by atoms with Crippen molar-refractivity contribution in [1.29, 1.82) is 0 Å². The number of carbonyl (C=O) groups is 3. The van der Waals surface area contributed by atoms with Crippen molar-refractivity contribution in [1.82, 2.24) is 25.7 Å². The number of halogens is 4. The molecule has 0 saturated carbocycles. The number of rotatable bonds is 9. The van der Waals surface area contributed by atoms with E-state index < -0.39 is 48.7 Å². The molecule has 0 aliphatic carbocycles. The summed E-state index contributed by atoms with van der Waals surface area (Å²) in [6, 6.07) is 4.12. The second-order valence-corrected chi connectivity index (χ2v) is 9.34. The van der Waals surface area contributed by atoms with Gasteiger partial charge in [0.25, 0.3) is 11.8 Å². The first-order valence-corrected chi connectivity index (χ1v) is 12.2. The molecule has 40 heavy (non-hydrogen) atoms. The minimum absolute atomic E-state index is 0.0324. The van der Waals surface area contributed by atoms with Crippen LogP contribution >= 0.6 is 11.6 Å². The van der Waals surface area contributed by atoms with E-state index in [2.05, 4.69) is 20.8 Å². The number of nitrogens with zero attached hydrogens (tertiary/aromatic N) is 3. The summed E-state index contributed by atoms with van der Waals surface area (Å²) in [5.41, 5.74) is 1.24. The lowest BCUT2D eigenvalue weighted by Gasteiger charge is -2.27. The number of aryl methyl sites for hydroxylation is 1. The van der Waals surface area contributed by atoms with Crippen LogP contribution in [0, 0.1) is 6.92 Å². The molecule has 4 rings (SSSR count). The predicted molar refractivity (Wildman–Crippen MR) is 135 cm³/mol. The first kappa shape index (κ1) is 28.8. The van der Waals surface area contributed by atoms with Crippen LogP contribution in [0.3, 0.4) is 0 Å². The molecule has 0 spiro atoms. The summed E-state index contributed by atoms with van der Waals surface area (Å²) in [5.74, 6) is -1.26. The van der Waals surface area contributed by atoms with Crippen LogP contribution in [0.25, 0.3) is 0 Å². The largest absolute Gasteiger partial charge is 0.410 e. The summed E-state index contributed by atoms with van der Waals surface area (Å²) >= 11 is 5.98. The monoisotopic (exact) mass is 580 g/mol. The highest BCUT2D eigenvalue weighted by molar-refractivity contribution is 6.30. The number of hydrogen-bond donors (Lipinski definition) is 3. The molecule has 3 aromatic rings. The third-order valence-corrected chi connectivity index (χ3v) is 6.44. The number of urea groups is 1. The predicted octanol–water partition coefficient (Wildman–Crippen LogP) is 3.78. The summed E-state index contributed by atoms with van der Waals surface area (Å²) in [6.45, 7) is 0.837.